The molecule has 0 atom stereocenters. The zero-order chi connectivity index (χ0) is 38.9. The Hall–Kier alpha value is -7.46. The van der Waals surface area contributed by atoms with Crippen molar-refractivity contribution >= 4 is 91.9 Å². The summed E-state index contributed by atoms with van der Waals surface area (Å²) >= 11 is 1.88. The maximum Gasteiger partial charge on any atom is 0.0619 e. The average Bonchev–Trinajstić information content (AvgIpc) is 3.84. The van der Waals surface area contributed by atoms with Gasteiger partial charge in [-0.15, -0.1) is 11.3 Å². The SMILES string of the molecule is c1ccc(N(c2ccc(-c3ccc4ccccc4c3)cc2)c2cccc(-c3ccc4c(c3)c3ccc5cc6sc7ccccc7c6cc5c3n4-c3ccccc3)c2)cc1. The van der Waals surface area contributed by atoms with Gasteiger partial charge in [-0.25, -0.2) is 0 Å². The van der Waals surface area contributed by atoms with Crippen LogP contribution in [0.2, 0.25) is 0 Å². The molecule has 2 heterocycles. The van der Waals surface area contributed by atoms with Crippen molar-refractivity contribution in [2.24, 2.45) is 0 Å². The fraction of sp³-hybridized carbons (Fsp3) is 0. The number of thiophene rings is 1. The largest absolute Gasteiger partial charge is 0.310 e. The Morgan fingerprint density at radius 3 is 1.85 bits per heavy atom. The average molecular weight is 769 g/mol. The van der Waals surface area contributed by atoms with Gasteiger partial charge in [0.15, 0.2) is 0 Å². The van der Waals surface area contributed by atoms with Crippen molar-refractivity contribution in [1.29, 1.82) is 0 Å². The molecule has 0 amide bonds. The molecule has 3 heteroatoms. The number of anilines is 3. The summed E-state index contributed by atoms with van der Waals surface area (Å²) in [7, 11) is 0. The highest BCUT2D eigenvalue weighted by Gasteiger charge is 2.19. The lowest BCUT2D eigenvalue weighted by Crippen LogP contribution is -2.09. The molecular weight excluding hydrogens is 733 g/mol. The molecule has 276 valence electrons. The van der Waals surface area contributed by atoms with Gasteiger partial charge in [0.25, 0.3) is 0 Å². The molecule has 0 aliphatic carbocycles. The zero-order valence-electron chi connectivity index (χ0n) is 32.1. The summed E-state index contributed by atoms with van der Waals surface area (Å²) in [5, 5.41) is 10.2. The number of benzene rings is 10. The number of rotatable bonds is 6. The van der Waals surface area contributed by atoms with Gasteiger partial charge < -0.3 is 9.47 Å². The smallest absolute Gasteiger partial charge is 0.0619 e. The minimum atomic E-state index is 1.11. The Balaban J connectivity index is 0.996. The summed E-state index contributed by atoms with van der Waals surface area (Å²) < 4.78 is 5.12. The minimum Gasteiger partial charge on any atom is -0.310 e. The number of para-hydroxylation sites is 2. The Labute approximate surface area is 346 Å². The molecule has 0 saturated heterocycles. The summed E-state index contributed by atoms with van der Waals surface area (Å²) in [4.78, 5) is 2.36. The lowest BCUT2D eigenvalue weighted by Gasteiger charge is -2.26. The van der Waals surface area contributed by atoms with Crippen LogP contribution in [0.1, 0.15) is 0 Å². The van der Waals surface area contributed by atoms with Crippen molar-refractivity contribution < 1.29 is 0 Å². The molecular formula is C56H36N2S. The van der Waals surface area contributed by atoms with Crippen molar-refractivity contribution in [3.8, 4) is 27.9 Å². The first-order chi connectivity index (χ1) is 29.2. The van der Waals surface area contributed by atoms with E-state index in [1.54, 1.807) is 0 Å². The Morgan fingerprint density at radius 1 is 0.322 bits per heavy atom. The topological polar surface area (TPSA) is 8.17 Å². The van der Waals surface area contributed by atoms with Gasteiger partial charge >= 0.3 is 0 Å². The Bertz CT molecular complexity index is 3540. The second kappa shape index (κ2) is 13.6. The van der Waals surface area contributed by atoms with E-state index in [0.29, 0.717) is 0 Å². The van der Waals surface area contributed by atoms with Gasteiger partial charge in [-0.3, -0.25) is 0 Å². The van der Waals surface area contributed by atoms with Crippen LogP contribution in [0.15, 0.2) is 218 Å². The van der Waals surface area contributed by atoms with Gasteiger partial charge in [-0.1, -0.05) is 133 Å². The van der Waals surface area contributed by atoms with Crippen LogP contribution in [0.5, 0.6) is 0 Å². The van der Waals surface area contributed by atoms with E-state index in [1.165, 1.54) is 85.8 Å². The maximum atomic E-state index is 2.46. The second-order valence-electron chi connectivity index (χ2n) is 15.4. The van der Waals surface area contributed by atoms with Gasteiger partial charge in [0.2, 0.25) is 0 Å². The third kappa shape index (κ3) is 5.62. The number of aromatic nitrogens is 1. The van der Waals surface area contributed by atoms with Crippen molar-refractivity contribution in [3.63, 3.8) is 0 Å². The molecule has 0 spiro atoms. The van der Waals surface area contributed by atoms with Crippen LogP contribution in [0.25, 0.3) is 91.5 Å². The van der Waals surface area contributed by atoms with E-state index < -0.39 is 0 Å². The predicted molar refractivity (Wildman–Crippen MR) is 254 cm³/mol. The molecule has 0 bridgehead atoms. The van der Waals surface area contributed by atoms with Crippen molar-refractivity contribution in [3.05, 3.63) is 218 Å². The van der Waals surface area contributed by atoms with Crippen LogP contribution in [0, 0.1) is 0 Å². The van der Waals surface area contributed by atoms with Gasteiger partial charge in [-0.05, 0) is 123 Å². The second-order valence-corrected chi connectivity index (χ2v) is 16.4. The van der Waals surface area contributed by atoms with Crippen molar-refractivity contribution in [2.45, 2.75) is 0 Å². The molecule has 0 radical (unpaired) electrons. The molecule has 12 rings (SSSR count). The molecule has 0 fully saturated rings. The summed E-state index contributed by atoms with van der Waals surface area (Å²) in [5.74, 6) is 0. The van der Waals surface area contributed by atoms with E-state index in [2.05, 4.69) is 228 Å². The molecule has 59 heavy (non-hydrogen) atoms. The lowest BCUT2D eigenvalue weighted by atomic mass is 9.99. The van der Waals surface area contributed by atoms with Crippen LogP contribution < -0.4 is 4.90 Å². The van der Waals surface area contributed by atoms with Crippen molar-refractivity contribution in [1.82, 2.24) is 4.57 Å². The van der Waals surface area contributed by atoms with Crippen LogP contribution in [-0.4, -0.2) is 4.57 Å². The zero-order valence-corrected chi connectivity index (χ0v) is 32.9. The van der Waals surface area contributed by atoms with Crippen molar-refractivity contribution in [2.75, 3.05) is 4.90 Å². The summed E-state index contributed by atoms with van der Waals surface area (Å²) in [6.07, 6.45) is 0. The van der Waals surface area contributed by atoms with Crippen LogP contribution in [0.3, 0.4) is 0 Å². The molecule has 0 aliphatic heterocycles. The van der Waals surface area contributed by atoms with E-state index in [9.17, 15) is 0 Å². The molecule has 2 nitrogen and oxygen atoms in total. The molecule has 2 aromatic heterocycles. The van der Waals surface area contributed by atoms with Crippen LogP contribution >= 0.6 is 11.3 Å². The van der Waals surface area contributed by atoms with Crippen LogP contribution in [-0.2, 0) is 0 Å². The molecule has 12 aromatic rings. The summed E-state index contributed by atoms with van der Waals surface area (Å²) in [6, 6.07) is 79.9. The quantitative estimate of drug-likeness (QED) is 0.164. The van der Waals surface area contributed by atoms with Gasteiger partial charge in [0.05, 0.1) is 11.0 Å². The first-order valence-electron chi connectivity index (χ1n) is 20.2. The number of hydrogen-bond acceptors (Lipinski definition) is 2. The summed E-state index contributed by atoms with van der Waals surface area (Å²) in [5.41, 5.74) is 11.7. The Morgan fingerprint density at radius 2 is 0.983 bits per heavy atom. The molecule has 10 aromatic carbocycles. The van der Waals surface area contributed by atoms with Gasteiger partial charge in [-0.2, -0.15) is 0 Å². The monoisotopic (exact) mass is 768 g/mol. The standard InChI is InChI=1S/C56H36N2S/c1-3-15-44(16-4-1)57(46-28-24-38(25-29-46)41-23-22-37-12-7-8-13-39(37)32-41)47-19-11-14-40(33-47)42-27-31-53-51(34-42)49-30-26-43-35-55-52(48-20-9-10-21-54(48)59-55)36-50(43)56(49)58(53)45-17-5-2-6-18-45/h1-36H. The minimum absolute atomic E-state index is 1.11. The van der Waals surface area contributed by atoms with E-state index in [4.69, 9.17) is 0 Å². The normalized spacial score (nSPS) is 11.7. The third-order valence-electron chi connectivity index (χ3n) is 11.9. The summed E-state index contributed by atoms with van der Waals surface area (Å²) in [6.45, 7) is 0. The first kappa shape index (κ1) is 33.7. The molecule has 0 unspecified atom stereocenters. The van der Waals surface area contributed by atoms with Gasteiger partial charge in [0, 0.05) is 59.1 Å². The van der Waals surface area contributed by atoms with E-state index in [0.717, 1.165) is 22.7 Å². The number of nitrogens with zero attached hydrogens (tertiary/aromatic N) is 2. The van der Waals surface area contributed by atoms with E-state index >= 15 is 0 Å². The highest BCUT2D eigenvalue weighted by atomic mass is 32.1. The van der Waals surface area contributed by atoms with Crippen LogP contribution in [0.4, 0.5) is 17.1 Å². The lowest BCUT2D eigenvalue weighted by molar-refractivity contribution is 1.19. The molecule has 0 N–H and O–H groups in total. The molecule has 0 aliphatic rings. The highest BCUT2D eigenvalue weighted by molar-refractivity contribution is 7.25. The van der Waals surface area contributed by atoms with E-state index in [1.807, 2.05) is 11.3 Å². The number of fused-ring (bicyclic) bond motifs is 9. The Kier molecular flexibility index (Phi) is 7.75. The fourth-order valence-electron chi connectivity index (χ4n) is 9.10. The third-order valence-corrected chi connectivity index (χ3v) is 13.0. The fourth-order valence-corrected chi connectivity index (χ4v) is 10.2. The predicted octanol–water partition coefficient (Wildman–Crippen LogP) is 16.3. The first-order valence-corrected chi connectivity index (χ1v) is 21.0. The number of hydrogen-bond donors (Lipinski definition) is 0. The van der Waals surface area contributed by atoms with E-state index in [-0.39, 0.29) is 0 Å². The highest BCUT2D eigenvalue weighted by Crippen LogP contribution is 2.43. The van der Waals surface area contributed by atoms with Gasteiger partial charge in [0.1, 0.15) is 0 Å². The maximum absolute atomic E-state index is 2.46. The molecule has 0 saturated carbocycles.